The number of halogens is 4. The first-order chi connectivity index (χ1) is 15.4. The molecule has 0 bridgehead atoms. The third kappa shape index (κ3) is 3.86. The number of aromatic nitrogens is 3. The van der Waals surface area contributed by atoms with E-state index in [0.29, 0.717) is 46.3 Å². The smallest absolute Gasteiger partial charge is 0.359 e. The second kappa shape index (κ2) is 7.63. The van der Waals surface area contributed by atoms with E-state index in [9.17, 15) is 17.6 Å². The molecule has 0 radical (unpaired) electrons. The number of hydrogen-bond donors (Lipinski definition) is 1. The van der Waals surface area contributed by atoms with Gasteiger partial charge in [0, 0.05) is 11.6 Å². The lowest BCUT2D eigenvalue weighted by Crippen LogP contribution is -2.21. The number of aromatic amines is 1. The lowest BCUT2D eigenvalue weighted by atomic mass is 10.1. The fraction of sp³-hybridized carbons (Fsp3) is 0.136. The molecule has 0 fully saturated rings. The summed E-state index contributed by atoms with van der Waals surface area (Å²) in [6, 6.07) is 12.7. The van der Waals surface area contributed by atoms with E-state index in [1.54, 1.807) is 35.5 Å². The third-order valence-corrected chi connectivity index (χ3v) is 5.03. The van der Waals surface area contributed by atoms with Crippen LogP contribution >= 0.6 is 0 Å². The number of nitrogens with zero attached hydrogens (tertiary/aromatic N) is 4. The summed E-state index contributed by atoms with van der Waals surface area (Å²) in [5, 5.41) is 9.99. The summed E-state index contributed by atoms with van der Waals surface area (Å²) < 4.78 is 57.6. The predicted octanol–water partition coefficient (Wildman–Crippen LogP) is 5.24. The summed E-state index contributed by atoms with van der Waals surface area (Å²) in [6.07, 6.45) is -2.79. The summed E-state index contributed by atoms with van der Waals surface area (Å²) in [6.45, 7) is 0.651. The molecule has 0 aliphatic carbocycles. The number of imidazole rings is 1. The molecular formula is C22H15F4N5O. The Balaban J connectivity index is 1.29. The van der Waals surface area contributed by atoms with E-state index in [2.05, 4.69) is 20.2 Å². The number of H-pyrrole nitrogens is 1. The van der Waals surface area contributed by atoms with Crippen LogP contribution in [0.25, 0.3) is 22.6 Å². The Labute approximate surface area is 179 Å². The summed E-state index contributed by atoms with van der Waals surface area (Å²) in [4.78, 5) is 7.56. The van der Waals surface area contributed by atoms with Crippen LogP contribution in [0.3, 0.4) is 0 Å². The summed E-state index contributed by atoms with van der Waals surface area (Å²) in [5.41, 5.74) is 2.00. The van der Waals surface area contributed by atoms with Gasteiger partial charge < -0.3 is 9.51 Å². The average Bonchev–Trinajstić information content (AvgIpc) is 3.40. The molecule has 0 spiro atoms. The second-order valence-electron chi connectivity index (χ2n) is 7.25. The van der Waals surface area contributed by atoms with Crippen molar-refractivity contribution in [2.24, 2.45) is 5.10 Å². The number of fused-ring (bicyclic) bond motifs is 1. The fourth-order valence-corrected chi connectivity index (χ4v) is 3.41. The van der Waals surface area contributed by atoms with Crippen LogP contribution in [-0.2, 0) is 19.3 Å². The number of hydrogen-bond acceptors (Lipinski definition) is 5. The molecule has 0 atom stereocenters. The Bertz CT molecular complexity index is 1290. The molecule has 5 rings (SSSR count). The van der Waals surface area contributed by atoms with Gasteiger partial charge in [-0.25, -0.2) is 9.37 Å². The standard InChI is InChI=1S/C22H15F4N5O/c23-17-4-2-1-3-16(17)21-28-19-10-27-31(12-20(19)29-21)11-15-9-18(30-32-15)13-5-7-14(8-6-13)22(24,25)26/h1-10H,11-12H2,(H,28,29). The zero-order chi connectivity index (χ0) is 22.3. The maximum Gasteiger partial charge on any atom is 0.416 e. The molecule has 162 valence electrons. The largest absolute Gasteiger partial charge is 0.416 e. The lowest BCUT2D eigenvalue weighted by Gasteiger charge is -2.19. The number of hydrazone groups is 1. The van der Waals surface area contributed by atoms with E-state index in [0.717, 1.165) is 12.1 Å². The van der Waals surface area contributed by atoms with Crippen LogP contribution in [0.2, 0.25) is 0 Å². The molecule has 32 heavy (non-hydrogen) atoms. The van der Waals surface area contributed by atoms with Gasteiger partial charge in [-0.2, -0.15) is 18.3 Å². The zero-order valence-corrected chi connectivity index (χ0v) is 16.4. The Kier molecular flexibility index (Phi) is 4.76. The van der Waals surface area contributed by atoms with Gasteiger partial charge in [-0.05, 0) is 24.3 Å². The van der Waals surface area contributed by atoms with Gasteiger partial charge in [-0.1, -0.05) is 29.4 Å². The van der Waals surface area contributed by atoms with Crippen LogP contribution < -0.4 is 0 Å². The monoisotopic (exact) mass is 441 g/mol. The molecule has 2 aromatic heterocycles. The van der Waals surface area contributed by atoms with Gasteiger partial charge in [-0.15, -0.1) is 0 Å². The van der Waals surface area contributed by atoms with Crippen LogP contribution in [0.5, 0.6) is 0 Å². The van der Waals surface area contributed by atoms with Gasteiger partial charge in [0.15, 0.2) is 5.76 Å². The van der Waals surface area contributed by atoms with Crippen molar-refractivity contribution in [1.82, 2.24) is 20.1 Å². The van der Waals surface area contributed by atoms with Crippen molar-refractivity contribution in [3.63, 3.8) is 0 Å². The molecular weight excluding hydrogens is 426 g/mol. The minimum Gasteiger partial charge on any atom is -0.359 e. The van der Waals surface area contributed by atoms with Crippen LogP contribution in [0.1, 0.15) is 22.7 Å². The highest BCUT2D eigenvalue weighted by Crippen LogP contribution is 2.31. The highest BCUT2D eigenvalue weighted by atomic mass is 19.4. The van der Waals surface area contributed by atoms with Crippen molar-refractivity contribution < 1.29 is 22.1 Å². The molecule has 1 N–H and O–H groups in total. The van der Waals surface area contributed by atoms with Gasteiger partial charge >= 0.3 is 6.18 Å². The molecule has 0 saturated heterocycles. The first-order valence-corrected chi connectivity index (χ1v) is 9.63. The molecule has 6 nitrogen and oxygen atoms in total. The van der Waals surface area contributed by atoms with Crippen molar-refractivity contribution >= 4 is 6.21 Å². The van der Waals surface area contributed by atoms with Crippen LogP contribution in [0, 0.1) is 5.82 Å². The van der Waals surface area contributed by atoms with Gasteiger partial charge in [-0.3, -0.25) is 5.01 Å². The van der Waals surface area contributed by atoms with Crippen LogP contribution in [-0.4, -0.2) is 26.3 Å². The zero-order valence-electron chi connectivity index (χ0n) is 16.4. The van der Waals surface area contributed by atoms with Crippen LogP contribution in [0.15, 0.2) is 64.2 Å². The molecule has 0 saturated carbocycles. The Morgan fingerprint density at radius 3 is 2.59 bits per heavy atom. The average molecular weight is 441 g/mol. The molecule has 4 aromatic rings. The Morgan fingerprint density at radius 2 is 1.84 bits per heavy atom. The van der Waals surface area contributed by atoms with E-state index < -0.39 is 11.7 Å². The highest BCUT2D eigenvalue weighted by Gasteiger charge is 2.30. The van der Waals surface area contributed by atoms with Crippen molar-refractivity contribution in [1.29, 1.82) is 0 Å². The Hall–Kier alpha value is -3.95. The van der Waals surface area contributed by atoms with Crippen molar-refractivity contribution in [2.45, 2.75) is 19.3 Å². The third-order valence-electron chi connectivity index (χ3n) is 5.03. The van der Waals surface area contributed by atoms with E-state index in [1.165, 1.54) is 18.2 Å². The van der Waals surface area contributed by atoms with Crippen molar-refractivity contribution in [2.75, 3.05) is 0 Å². The summed E-state index contributed by atoms with van der Waals surface area (Å²) in [5.74, 6) is 0.542. The Morgan fingerprint density at radius 1 is 1.06 bits per heavy atom. The first kappa shape index (κ1) is 20.0. The van der Waals surface area contributed by atoms with Gasteiger partial charge in [0.2, 0.25) is 0 Å². The summed E-state index contributed by atoms with van der Waals surface area (Å²) >= 11 is 0. The lowest BCUT2D eigenvalue weighted by molar-refractivity contribution is -0.137. The molecule has 0 amide bonds. The molecule has 1 aliphatic rings. The van der Waals surface area contributed by atoms with Crippen LogP contribution in [0.4, 0.5) is 17.6 Å². The topological polar surface area (TPSA) is 70.3 Å². The highest BCUT2D eigenvalue weighted by molar-refractivity contribution is 5.80. The van der Waals surface area contributed by atoms with Crippen molar-refractivity contribution in [3.05, 3.63) is 83.1 Å². The number of rotatable bonds is 4. The summed E-state index contributed by atoms with van der Waals surface area (Å²) in [7, 11) is 0. The molecule has 10 heteroatoms. The van der Waals surface area contributed by atoms with E-state index in [-0.39, 0.29) is 12.4 Å². The van der Waals surface area contributed by atoms with Gasteiger partial charge in [0.25, 0.3) is 0 Å². The predicted molar refractivity (Wildman–Crippen MR) is 108 cm³/mol. The second-order valence-corrected chi connectivity index (χ2v) is 7.25. The maximum absolute atomic E-state index is 14.0. The number of benzene rings is 2. The minimum absolute atomic E-state index is 0.283. The quantitative estimate of drug-likeness (QED) is 0.440. The molecule has 1 aliphatic heterocycles. The first-order valence-electron chi connectivity index (χ1n) is 9.63. The number of alkyl halides is 3. The van der Waals surface area contributed by atoms with Crippen molar-refractivity contribution in [3.8, 4) is 22.6 Å². The van der Waals surface area contributed by atoms with Gasteiger partial charge in [0.1, 0.15) is 17.3 Å². The fourth-order valence-electron chi connectivity index (χ4n) is 3.41. The number of nitrogens with one attached hydrogen (secondary N) is 1. The molecule has 0 unspecified atom stereocenters. The van der Waals surface area contributed by atoms with E-state index in [1.807, 2.05) is 0 Å². The minimum atomic E-state index is -4.39. The van der Waals surface area contributed by atoms with E-state index >= 15 is 0 Å². The molecule has 3 heterocycles. The van der Waals surface area contributed by atoms with Gasteiger partial charge in [0.05, 0.1) is 41.8 Å². The SMILES string of the molecule is Fc1ccccc1-c1nc2c([nH]1)C=NN(Cc1cc(-c3ccc(C(F)(F)F)cc3)no1)C2. The molecule has 2 aromatic carbocycles. The normalized spacial score (nSPS) is 13.4. The maximum atomic E-state index is 14.0. The van der Waals surface area contributed by atoms with E-state index in [4.69, 9.17) is 4.52 Å².